The van der Waals surface area contributed by atoms with E-state index in [2.05, 4.69) is 11.9 Å². The molecule has 1 N–H and O–H groups in total. The number of rotatable bonds is 6. The number of unbranched alkanes of at least 4 members (excludes halogenated alkanes) is 3. The fourth-order valence-corrected chi connectivity index (χ4v) is 2.42. The van der Waals surface area contributed by atoms with E-state index >= 15 is 0 Å². The molecule has 0 saturated carbocycles. The van der Waals surface area contributed by atoms with E-state index in [4.69, 9.17) is 0 Å². The smallest absolute Gasteiger partial charge is 0.132 e. The van der Waals surface area contributed by atoms with Crippen LogP contribution < -0.4 is 0 Å². The Kier molecular flexibility index (Phi) is 5.16. The van der Waals surface area contributed by atoms with Gasteiger partial charge < -0.3 is 5.11 Å². The molecule has 20 heavy (non-hydrogen) atoms. The van der Waals surface area contributed by atoms with Crippen molar-refractivity contribution in [3.8, 4) is 5.75 Å². The highest BCUT2D eigenvalue weighted by Gasteiger charge is 2.08. The highest BCUT2D eigenvalue weighted by Crippen LogP contribution is 2.28. The molecule has 2 aromatic carbocycles. The molecule has 0 bridgehead atoms. The minimum Gasteiger partial charge on any atom is -0.507 e. The Morgan fingerprint density at radius 2 is 1.85 bits per heavy atom. The van der Waals surface area contributed by atoms with Gasteiger partial charge in [0.05, 0.1) is 0 Å². The first-order valence-electron chi connectivity index (χ1n) is 7.46. The molecule has 0 spiro atoms. The Morgan fingerprint density at radius 1 is 1.05 bits per heavy atom. The lowest BCUT2D eigenvalue weighted by molar-refractivity contribution is 0.480. The van der Waals surface area contributed by atoms with E-state index in [1.807, 2.05) is 43.3 Å². The monoisotopic (exact) mass is 269 g/mol. The summed E-state index contributed by atoms with van der Waals surface area (Å²) < 4.78 is 0. The van der Waals surface area contributed by atoms with Crippen molar-refractivity contribution in [2.24, 2.45) is 4.99 Å². The van der Waals surface area contributed by atoms with E-state index in [0.29, 0.717) is 5.75 Å². The van der Waals surface area contributed by atoms with Crippen LogP contribution in [0.25, 0.3) is 10.8 Å². The second kappa shape index (κ2) is 7.09. The Bertz CT molecular complexity index is 601. The molecule has 2 aromatic rings. The lowest BCUT2D eigenvalue weighted by atomic mass is 10.0. The van der Waals surface area contributed by atoms with Gasteiger partial charge in [0, 0.05) is 23.2 Å². The molecule has 0 aliphatic rings. The van der Waals surface area contributed by atoms with Gasteiger partial charge in [-0.15, -0.1) is 0 Å². The molecule has 106 valence electrons. The zero-order valence-corrected chi connectivity index (χ0v) is 12.4. The van der Waals surface area contributed by atoms with Crippen LogP contribution in [0.15, 0.2) is 41.4 Å². The Hall–Kier alpha value is -1.83. The fourth-order valence-electron chi connectivity index (χ4n) is 2.42. The predicted molar refractivity (Wildman–Crippen MR) is 86.8 cm³/mol. The van der Waals surface area contributed by atoms with Crippen LogP contribution in [0.3, 0.4) is 0 Å². The van der Waals surface area contributed by atoms with Gasteiger partial charge in [-0.05, 0) is 24.8 Å². The summed E-state index contributed by atoms with van der Waals surface area (Å²) in [6.07, 6.45) is 4.88. The van der Waals surface area contributed by atoms with Crippen molar-refractivity contribution in [1.82, 2.24) is 0 Å². The lowest BCUT2D eigenvalue weighted by Gasteiger charge is -2.08. The van der Waals surface area contributed by atoms with Crippen LogP contribution in [-0.4, -0.2) is 17.4 Å². The third kappa shape index (κ3) is 3.38. The van der Waals surface area contributed by atoms with Crippen molar-refractivity contribution in [1.29, 1.82) is 0 Å². The molecule has 0 unspecified atom stereocenters. The third-order valence-electron chi connectivity index (χ3n) is 3.65. The summed E-state index contributed by atoms with van der Waals surface area (Å²) in [5.74, 6) is 0.345. The van der Waals surface area contributed by atoms with Crippen LogP contribution in [0, 0.1) is 0 Å². The van der Waals surface area contributed by atoms with Gasteiger partial charge in [0.1, 0.15) is 5.75 Å². The number of fused-ring (bicyclic) bond motifs is 1. The van der Waals surface area contributed by atoms with E-state index < -0.39 is 0 Å². The maximum absolute atomic E-state index is 10.4. The molecule has 2 nitrogen and oxygen atoms in total. The number of phenolic OH excluding ortho intramolecular Hbond substituents is 1. The SMILES string of the molecule is CCCCCCN=C(C)c1ccc2ccccc2c1O. The summed E-state index contributed by atoms with van der Waals surface area (Å²) in [6.45, 7) is 5.03. The van der Waals surface area contributed by atoms with Crippen molar-refractivity contribution in [3.63, 3.8) is 0 Å². The minimum absolute atomic E-state index is 0.345. The van der Waals surface area contributed by atoms with Gasteiger partial charge >= 0.3 is 0 Å². The second-order valence-corrected chi connectivity index (χ2v) is 5.21. The lowest BCUT2D eigenvalue weighted by Crippen LogP contribution is -1.97. The standard InChI is InChI=1S/C18H23NO/c1-3-4-5-8-13-19-14(2)16-12-11-15-9-6-7-10-17(15)18(16)20/h6-7,9-12,20H,3-5,8,13H2,1-2H3. The van der Waals surface area contributed by atoms with Crippen molar-refractivity contribution < 1.29 is 5.11 Å². The maximum atomic E-state index is 10.4. The van der Waals surface area contributed by atoms with Crippen LogP contribution in [0.2, 0.25) is 0 Å². The van der Waals surface area contributed by atoms with Crippen LogP contribution in [0.1, 0.15) is 45.1 Å². The largest absolute Gasteiger partial charge is 0.507 e. The van der Waals surface area contributed by atoms with Crippen molar-refractivity contribution in [2.45, 2.75) is 39.5 Å². The number of aliphatic imine (C=N–C) groups is 1. The molecule has 0 radical (unpaired) electrons. The summed E-state index contributed by atoms with van der Waals surface area (Å²) in [4.78, 5) is 4.59. The van der Waals surface area contributed by atoms with E-state index in [0.717, 1.165) is 35.0 Å². The molecule has 0 atom stereocenters. The Balaban J connectivity index is 2.15. The van der Waals surface area contributed by atoms with Crippen molar-refractivity contribution >= 4 is 16.5 Å². The topological polar surface area (TPSA) is 32.6 Å². The van der Waals surface area contributed by atoms with Crippen LogP contribution >= 0.6 is 0 Å². The average molecular weight is 269 g/mol. The van der Waals surface area contributed by atoms with Gasteiger partial charge in [0.25, 0.3) is 0 Å². The summed E-state index contributed by atoms with van der Waals surface area (Å²) in [5, 5.41) is 12.3. The summed E-state index contributed by atoms with van der Waals surface area (Å²) in [5.41, 5.74) is 1.77. The fraction of sp³-hybridized carbons (Fsp3) is 0.389. The highest BCUT2D eigenvalue weighted by molar-refractivity contribution is 6.06. The zero-order chi connectivity index (χ0) is 14.4. The average Bonchev–Trinajstić information content (AvgIpc) is 2.47. The molecule has 0 fully saturated rings. The number of hydrogen-bond donors (Lipinski definition) is 1. The Morgan fingerprint density at radius 3 is 2.65 bits per heavy atom. The molecule has 0 heterocycles. The number of phenols is 1. The molecule has 0 aliphatic heterocycles. The van der Waals surface area contributed by atoms with Gasteiger partial charge in [-0.3, -0.25) is 4.99 Å². The number of benzene rings is 2. The maximum Gasteiger partial charge on any atom is 0.132 e. The van der Waals surface area contributed by atoms with E-state index in [-0.39, 0.29) is 0 Å². The van der Waals surface area contributed by atoms with E-state index in [1.54, 1.807) is 0 Å². The van der Waals surface area contributed by atoms with Gasteiger partial charge in [-0.2, -0.15) is 0 Å². The number of hydrogen-bond acceptors (Lipinski definition) is 2. The van der Waals surface area contributed by atoms with Crippen LogP contribution in [-0.2, 0) is 0 Å². The van der Waals surface area contributed by atoms with E-state index in [9.17, 15) is 5.11 Å². The normalized spacial score (nSPS) is 12.0. The summed E-state index contributed by atoms with van der Waals surface area (Å²) >= 11 is 0. The number of aromatic hydroxyl groups is 1. The molecule has 0 saturated heterocycles. The minimum atomic E-state index is 0.345. The second-order valence-electron chi connectivity index (χ2n) is 5.21. The molecule has 0 aliphatic carbocycles. The number of nitrogens with zero attached hydrogens (tertiary/aromatic N) is 1. The van der Waals surface area contributed by atoms with Gasteiger partial charge in [-0.1, -0.05) is 56.5 Å². The first-order chi connectivity index (χ1) is 9.74. The van der Waals surface area contributed by atoms with Crippen molar-refractivity contribution in [3.05, 3.63) is 42.0 Å². The van der Waals surface area contributed by atoms with Gasteiger partial charge in [0.2, 0.25) is 0 Å². The molecule has 0 aromatic heterocycles. The highest BCUT2D eigenvalue weighted by atomic mass is 16.3. The first-order valence-corrected chi connectivity index (χ1v) is 7.46. The Labute approximate surface area is 121 Å². The van der Waals surface area contributed by atoms with Crippen molar-refractivity contribution in [2.75, 3.05) is 6.54 Å². The first kappa shape index (κ1) is 14.6. The summed E-state index contributed by atoms with van der Waals surface area (Å²) in [6, 6.07) is 11.9. The van der Waals surface area contributed by atoms with Crippen LogP contribution in [0.5, 0.6) is 5.75 Å². The molecule has 2 heteroatoms. The van der Waals surface area contributed by atoms with Gasteiger partial charge in [-0.25, -0.2) is 0 Å². The molecular formula is C18H23NO. The molecule has 0 amide bonds. The quantitative estimate of drug-likeness (QED) is 0.585. The zero-order valence-electron chi connectivity index (χ0n) is 12.4. The predicted octanol–water partition coefficient (Wildman–Crippen LogP) is 4.93. The summed E-state index contributed by atoms with van der Waals surface area (Å²) in [7, 11) is 0. The molecular weight excluding hydrogens is 246 g/mol. The molecule has 2 rings (SSSR count). The van der Waals surface area contributed by atoms with E-state index in [1.165, 1.54) is 19.3 Å². The van der Waals surface area contributed by atoms with Gasteiger partial charge in [0.15, 0.2) is 0 Å². The third-order valence-corrected chi connectivity index (χ3v) is 3.65. The van der Waals surface area contributed by atoms with Crippen LogP contribution in [0.4, 0.5) is 0 Å².